The maximum atomic E-state index is 11.7. The van der Waals surface area contributed by atoms with Crippen LogP contribution in [0.4, 0.5) is 0 Å². The van der Waals surface area contributed by atoms with Crippen molar-refractivity contribution in [2.75, 3.05) is 12.4 Å². The highest BCUT2D eigenvalue weighted by Crippen LogP contribution is 2.20. The van der Waals surface area contributed by atoms with Crippen molar-refractivity contribution in [3.05, 3.63) is 59.1 Å². The van der Waals surface area contributed by atoms with E-state index in [0.717, 1.165) is 4.90 Å². The monoisotopic (exact) mass is 389 g/mol. The van der Waals surface area contributed by atoms with Gasteiger partial charge in [-0.25, -0.2) is 0 Å². The molecule has 2 rings (SSSR count). The third-order valence-corrected chi connectivity index (χ3v) is 4.38. The Morgan fingerprint density at radius 3 is 2.50 bits per heavy atom. The van der Waals surface area contributed by atoms with Crippen molar-refractivity contribution in [2.45, 2.75) is 11.3 Å². The van der Waals surface area contributed by atoms with Crippen molar-refractivity contribution in [3.8, 4) is 11.8 Å². The van der Waals surface area contributed by atoms with Gasteiger partial charge in [-0.2, -0.15) is 5.26 Å². The molecule has 0 aliphatic heterocycles. The van der Waals surface area contributed by atoms with E-state index in [9.17, 15) is 9.59 Å². The molecular weight excluding hydrogens is 374 g/mol. The Morgan fingerprint density at radius 1 is 1.08 bits per heavy atom. The summed E-state index contributed by atoms with van der Waals surface area (Å²) >= 11 is 7.32. The molecule has 0 atom stereocenters. The SMILES string of the molecule is N#Cc1ccccc1OCC(=O)NNC(=O)CCSc1ccc(Cl)cc1. The van der Waals surface area contributed by atoms with E-state index in [0.29, 0.717) is 22.1 Å². The Hall–Kier alpha value is -2.69. The van der Waals surface area contributed by atoms with Crippen molar-refractivity contribution in [3.63, 3.8) is 0 Å². The third-order valence-electron chi connectivity index (χ3n) is 3.12. The molecule has 0 radical (unpaired) electrons. The summed E-state index contributed by atoms with van der Waals surface area (Å²) in [6.45, 7) is -0.307. The number of hydrogen-bond donors (Lipinski definition) is 2. The van der Waals surface area contributed by atoms with Crippen molar-refractivity contribution in [1.82, 2.24) is 10.9 Å². The summed E-state index contributed by atoms with van der Waals surface area (Å²) in [7, 11) is 0. The Balaban J connectivity index is 1.64. The number of nitriles is 1. The molecule has 134 valence electrons. The van der Waals surface area contributed by atoms with E-state index in [1.807, 2.05) is 18.2 Å². The second-order valence-corrected chi connectivity index (χ2v) is 6.65. The standard InChI is InChI=1S/C18H16ClN3O3S/c19-14-5-7-15(8-6-14)26-10-9-17(23)21-22-18(24)12-25-16-4-2-1-3-13(16)11-20/h1-8H,9-10,12H2,(H,21,23)(H,22,24). The maximum Gasteiger partial charge on any atom is 0.276 e. The molecule has 0 heterocycles. The average Bonchev–Trinajstić information content (AvgIpc) is 2.66. The van der Waals surface area contributed by atoms with E-state index in [1.54, 1.807) is 36.4 Å². The second-order valence-electron chi connectivity index (χ2n) is 5.05. The number of hydrogen-bond acceptors (Lipinski definition) is 5. The zero-order valence-electron chi connectivity index (χ0n) is 13.7. The topological polar surface area (TPSA) is 91.2 Å². The number of thioether (sulfide) groups is 1. The highest BCUT2D eigenvalue weighted by Gasteiger charge is 2.08. The van der Waals surface area contributed by atoms with E-state index in [4.69, 9.17) is 21.6 Å². The highest BCUT2D eigenvalue weighted by atomic mass is 35.5. The minimum atomic E-state index is -0.517. The molecule has 6 nitrogen and oxygen atoms in total. The number of amides is 2. The van der Waals surface area contributed by atoms with Crippen LogP contribution in [0.25, 0.3) is 0 Å². The molecule has 26 heavy (non-hydrogen) atoms. The van der Waals surface area contributed by atoms with E-state index in [2.05, 4.69) is 10.9 Å². The Kier molecular flexibility index (Phi) is 7.80. The molecule has 0 aliphatic rings. The van der Waals surface area contributed by atoms with Crippen LogP contribution in [0.1, 0.15) is 12.0 Å². The van der Waals surface area contributed by atoms with Crippen LogP contribution in [0.2, 0.25) is 5.02 Å². The van der Waals surface area contributed by atoms with Crippen LogP contribution in [0.3, 0.4) is 0 Å². The molecule has 2 aromatic carbocycles. The van der Waals surface area contributed by atoms with Gasteiger partial charge in [-0.15, -0.1) is 11.8 Å². The zero-order valence-corrected chi connectivity index (χ0v) is 15.3. The normalized spacial score (nSPS) is 9.85. The highest BCUT2D eigenvalue weighted by molar-refractivity contribution is 7.99. The first-order valence-corrected chi connectivity index (χ1v) is 9.03. The van der Waals surface area contributed by atoms with Gasteiger partial charge >= 0.3 is 0 Å². The Bertz CT molecular complexity index is 806. The quantitative estimate of drug-likeness (QED) is 0.561. The van der Waals surface area contributed by atoms with Crippen molar-refractivity contribution >= 4 is 35.2 Å². The van der Waals surface area contributed by atoms with Gasteiger partial charge in [0.25, 0.3) is 5.91 Å². The molecule has 0 unspecified atom stereocenters. The summed E-state index contributed by atoms with van der Waals surface area (Å²) in [6.07, 6.45) is 0.242. The van der Waals surface area contributed by atoms with Crippen molar-refractivity contribution in [1.29, 1.82) is 5.26 Å². The second kappa shape index (κ2) is 10.3. The van der Waals surface area contributed by atoms with E-state index in [-0.39, 0.29) is 18.9 Å². The van der Waals surface area contributed by atoms with Gasteiger partial charge in [-0.1, -0.05) is 23.7 Å². The van der Waals surface area contributed by atoms with Gasteiger partial charge in [-0.05, 0) is 36.4 Å². The lowest BCUT2D eigenvalue weighted by Crippen LogP contribution is -2.43. The number of halogens is 1. The van der Waals surface area contributed by atoms with Gasteiger partial charge in [0, 0.05) is 22.1 Å². The minimum Gasteiger partial charge on any atom is -0.482 e. The van der Waals surface area contributed by atoms with Crippen LogP contribution in [0.5, 0.6) is 5.75 Å². The van der Waals surface area contributed by atoms with Crippen molar-refractivity contribution in [2.24, 2.45) is 0 Å². The molecule has 0 bridgehead atoms. The lowest BCUT2D eigenvalue weighted by atomic mass is 10.2. The summed E-state index contributed by atoms with van der Waals surface area (Å²) in [5.74, 6) is 0.0552. The number of rotatable bonds is 7. The number of hydrazine groups is 1. The molecule has 2 amide bonds. The number of carbonyl (C=O) groups is 2. The van der Waals surface area contributed by atoms with Gasteiger partial charge in [0.1, 0.15) is 11.8 Å². The predicted octanol–water partition coefficient (Wildman–Crippen LogP) is 2.92. The van der Waals surface area contributed by atoms with E-state index in [1.165, 1.54) is 11.8 Å². The largest absolute Gasteiger partial charge is 0.482 e. The van der Waals surface area contributed by atoms with Gasteiger partial charge in [0.2, 0.25) is 5.91 Å². The maximum absolute atomic E-state index is 11.7. The molecule has 8 heteroatoms. The lowest BCUT2D eigenvalue weighted by Gasteiger charge is -2.09. The summed E-state index contributed by atoms with van der Waals surface area (Å²) in [5.41, 5.74) is 4.93. The molecule has 0 aromatic heterocycles. The van der Waals surface area contributed by atoms with Crippen LogP contribution >= 0.6 is 23.4 Å². The average molecular weight is 390 g/mol. The number of benzene rings is 2. The van der Waals surface area contributed by atoms with E-state index < -0.39 is 5.91 Å². The van der Waals surface area contributed by atoms with Gasteiger partial charge in [0.05, 0.1) is 5.56 Å². The predicted molar refractivity (Wildman–Crippen MR) is 99.7 cm³/mol. The summed E-state index contributed by atoms with van der Waals surface area (Å²) < 4.78 is 5.27. The van der Waals surface area contributed by atoms with Crippen molar-refractivity contribution < 1.29 is 14.3 Å². The van der Waals surface area contributed by atoms with Crippen LogP contribution in [-0.4, -0.2) is 24.2 Å². The van der Waals surface area contributed by atoms with Crippen LogP contribution in [-0.2, 0) is 9.59 Å². The van der Waals surface area contributed by atoms with Gasteiger partial charge in [-0.3, -0.25) is 20.4 Å². The lowest BCUT2D eigenvalue weighted by molar-refractivity contribution is -0.129. The van der Waals surface area contributed by atoms with Gasteiger partial charge in [0.15, 0.2) is 6.61 Å². The minimum absolute atomic E-state index is 0.242. The van der Waals surface area contributed by atoms with Crippen LogP contribution in [0.15, 0.2) is 53.4 Å². The third kappa shape index (κ3) is 6.67. The van der Waals surface area contributed by atoms with E-state index >= 15 is 0 Å². The molecule has 2 aromatic rings. The zero-order chi connectivity index (χ0) is 18.8. The smallest absolute Gasteiger partial charge is 0.276 e. The number of nitrogens with one attached hydrogen (secondary N) is 2. The molecule has 0 fully saturated rings. The molecule has 0 spiro atoms. The number of carbonyl (C=O) groups excluding carboxylic acids is 2. The first-order valence-electron chi connectivity index (χ1n) is 7.66. The Morgan fingerprint density at radius 2 is 1.77 bits per heavy atom. The molecule has 0 saturated carbocycles. The Labute approximate surface area is 160 Å². The van der Waals surface area contributed by atoms with Crippen LogP contribution < -0.4 is 15.6 Å². The first-order chi connectivity index (χ1) is 12.6. The summed E-state index contributed by atoms with van der Waals surface area (Å²) in [6, 6.07) is 15.9. The molecule has 2 N–H and O–H groups in total. The molecule has 0 aliphatic carbocycles. The fraction of sp³-hybridized carbons (Fsp3) is 0.167. The fourth-order valence-electron chi connectivity index (χ4n) is 1.86. The summed E-state index contributed by atoms with van der Waals surface area (Å²) in [5, 5.41) is 9.60. The first kappa shape index (κ1) is 19.6. The number of para-hydroxylation sites is 1. The number of nitrogens with zero attached hydrogens (tertiary/aromatic N) is 1. The molecular formula is C18H16ClN3O3S. The van der Waals surface area contributed by atoms with Gasteiger partial charge < -0.3 is 4.74 Å². The number of ether oxygens (including phenoxy) is 1. The summed E-state index contributed by atoms with van der Waals surface area (Å²) in [4.78, 5) is 24.4. The fourth-order valence-corrected chi connectivity index (χ4v) is 2.84. The molecule has 0 saturated heterocycles. The van der Waals surface area contributed by atoms with Crippen LogP contribution in [0, 0.1) is 11.3 Å².